The van der Waals surface area contributed by atoms with Crippen molar-refractivity contribution in [2.75, 3.05) is 13.2 Å². The van der Waals surface area contributed by atoms with Crippen molar-refractivity contribution in [2.45, 2.75) is 48.7 Å². The van der Waals surface area contributed by atoms with Crippen molar-refractivity contribution in [1.82, 2.24) is 0 Å². The molecule has 1 saturated heterocycles. The van der Waals surface area contributed by atoms with E-state index in [-0.39, 0.29) is 17.9 Å². The van der Waals surface area contributed by atoms with Crippen molar-refractivity contribution < 1.29 is 59.5 Å². The summed E-state index contributed by atoms with van der Waals surface area (Å²) < 4.78 is 21.7. The second-order valence-corrected chi connectivity index (χ2v) is 8.72. The number of carbonyl (C=O) groups is 1. The molecule has 0 amide bonds. The van der Waals surface area contributed by atoms with Crippen molar-refractivity contribution in [3.63, 3.8) is 0 Å². The van der Waals surface area contributed by atoms with Crippen LogP contribution in [0.25, 0.3) is 6.08 Å². The lowest BCUT2D eigenvalue weighted by Gasteiger charge is -2.44. The van der Waals surface area contributed by atoms with Crippen LogP contribution in [0.3, 0.4) is 0 Å². The molecule has 9 atom stereocenters. The Balaban J connectivity index is 1.45. The van der Waals surface area contributed by atoms with E-state index >= 15 is 0 Å². The Kier molecular flexibility index (Phi) is 7.78. The molecule has 2 aliphatic heterocycles. The molecule has 36 heavy (non-hydrogen) atoms. The molecule has 12 heteroatoms. The second-order valence-electron chi connectivity index (χ2n) is 8.72. The third kappa shape index (κ3) is 5.16. The van der Waals surface area contributed by atoms with E-state index in [1.807, 2.05) is 0 Å². The fraction of sp³-hybridized carbons (Fsp3) is 0.458. The summed E-state index contributed by atoms with van der Waals surface area (Å²) in [5, 5.41) is 70.5. The minimum absolute atomic E-state index is 0.0816. The number of benzene rings is 1. The molecular weight excluding hydrogens is 480 g/mol. The lowest BCUT2D eigenvalue weighted by atomic mass is 9.83. The summed E-state index contributed by atoms with van der Waals surface area (Å²) in [6, 6.07) is 6.12. The monoisotopic (exact) mass is 508 g/mol. The highest BCUT2D eigenvalue weighted by Crippen LogP contribution is 2.44. The van der Waals surface area contributed by atoms with Gasteiger partial charge in [-0.25, -0.2) is 4.79 Å². The predicted octanol–water partition coefficient (Wildman–Crippen LogP) is -1.72. The zero-order valence-electron chi connectivity index (χ0n) is 18.9. The second kappa shape index (κ2) is 10.7. The van der Waals surface area contributed by atoms with E-state index in [0.717, 1.165) is 6.26 Å². The summed E-state index contributed by atoms with van der Waals surface area (Å²) in [6.07, 6.45) is -4.29. The number of aliphatic hydroxyl groups excluding tert-OH is 5. The lowest BCUT2D eigenvalue weighted by molar-refractivity contribution is -0.344. The van der Waals surface area contributed by atoms with E-state index in [1.165, 1.54) is 36.4 Å². The normalized spacial score (nSPS) is 37.9. The quantitative estimate of drug-likeness (QED) is 0.125. The largest absolute Gasteiger partial charge is 0.508 e. The SMILES string of the molecule is O=C(C=Cc1ccc(O)cc1)OCC1=CC(O)C2(O)C=COC(OC3OC(CO)C(O)C(O)C3O)C12. The van der Waals surface area contributed by atoms with Crippen LogP contribution in [0.2, 0.25) is 0 Å². The van der Waals surface area contributed by atoms with Crippen LogP contribution in [0.1, 0.15) is 5.56 Å². The summed E-state index contributed by atoms with van der Waals surface area (Å²) in [7, 11) is 0. The summed E-state index contributed by atoms with van der Waals surface area (Å²) in [4.78, 5) is 12.2. The molecule has 0 spiro atoms. The van der Waals surface area contributed by atoms with Crippen LogP contribution < -0.4 is 0 Å². The molecular formula is C24H28O12. The molecule has 196 valence electrons. The van der Waals surface area contributed by atoms with Crippen molar-refractivity contribution >= 4 is 12.0 Å². The highest BCUT2D eigenvalue weighted by Gasteiger charge is 2.56. The van der Waals surface area contributed by atoms with E-state index in [4.69, 9.17) is 18.9 Å². The fourth-order valence-corrected chi connectivity index (χ4v) is 4.33. The van der Waals surface area contributed by atoms with Gasteiger partial charge in [0.15, 0.2) is 6.29 Å². The van der Waals surface area contributed by atoms with Gasteiger partial charge in [-0.2, -0.15) is 0 Å². The summed E-state index contributed by atoms with van der Waals surface area (Å²) in [5.41, 5.74) is -0.982. The van der Waals surface area contributed by atoms with Crippen molar-refractivity contribution in [2.24, 2.45) is 5.92 Å². The van der Waals surface area contributed by atoms with Crippen molar-refractivity contribution in [3.8, 4) is 5.75 Å². The van der Waals surface area contributed by atoms with E-state index in [9.17, 15) is 40.5 Å². The van der Waals surface area contributed by atoms with Crippen LogP contribution in [-0.4, -0.2) is 104 Å². The first kappa shape index (κ1) is 26.3. The molecule has 0 radical (unpaired) electrons. The zero-order chi connectivity index (χ0) is 26.0. The van der Waals surface area contributed by atoms with Gasteiger partial charge in [-0.05, 0) is 41.5 Å². The Bertz CT molecular complexity index is 1020. The topological polar surface area (TPSA) is 196 Å². The molecule has 2 heterocycles. The highest BCUT2D eigenvalue weighted by atomic mass is 16.8. The van der Waals surface area contributed by atoms with Gasteiger partial charge >= 0.3 is 5.97 Å². The first-order chi connectivity index (χ1) is 17.1. The van der Waals surface area contributed by atoms with Gasteiger partial charge in [0, 0.05) is 6.08 Å². The van der Waals surface area contributed by atoms with Crippen LogP contribution in [-0.2, 0) is 23.7 Å². The van der Waals surface area contributed by atoms with Gasteiger partial charge < -0.3 is 54.7 Å². The number of carbonyl (C=O) groups excluding carboxylic acids is 1. The number of hydrogen-bond acceptors (Lipinski definition) is 12. The molecule has 1 aromatic carbocycles. The zero-order valence-corrected chi connectivity index (χ0v) is 18.9. The maximum Gasteiger partial charge on any atom is 0.331 e. The minimum atomic E-state index is -1.89. The third-order valence-corrected chi connectivity index (χ3v) is 6.37. The van der Waals surface area contributed by atoms with Crippen molar-refractivity contribution in [1.29, 1.82) is 0 Å². The maximum absolute atomic E-state index is 12.2. The molecule has 1 fully saturated rings. The number of aromatic hydroxyl groups is 1. The van der Waals surface area contributed by atoms with Gasteiger partial charge in [0.05, 0.1) is 18.8 Å². The first-order valence-corrected chi connectivity index (χ1v) is 11.2. The number of ether oxygens (including phenoxy) is 4. The summed E-state index contributed by atoms with van der Waals surface area (Å²) >= 11 is 0. The maximum atomic E-state index is 12.2. The average molecular weight is 508 g/mol. The Morgan fingerprint density at radius 3 is 2.47 bits per heavy atom. The van der Waals surface area contributed by atoms with Gasteiger partial charge in [0.1, 0.15) is 48.5 Å². The number of hydrogen-bond donors (Lipinski definition) is 7. The van der Waals surface area contributed by atoms with Crippen LogP contribution >= 0.6 is 0 Å². The van der Waals surface area contributed by atoms with Gasteiger partial charge in [-0.1, -0.05) is 12.1 Å². The van der Waals surface area contributed by atoms with Gasteiger partial charge in [0.25, 0.3) is 0 Å². The molecule has 0 bridgehead atoms. The van der Waals surface area contributed by atoms with Crippen LogP contribution in [0.15, 0.2) is 54.3 Å². The predicted molar refractivity (Wildman–Crippen MR) is 119 cm³/mol. The average Bonchev–Trinajstić information content (AvgIpc) is 3.13. The fourth-order valence-electron chi connectivity index (χ4n) is 4.33. The van der Waals surface area contributed by atoms with Crippen LogP contribution in [0.5, 0.6) is 5.75 Å². The van der Waals surface area contributed by atoms with E-state index in [0.29, 0.717) is 5.56 Å². The van der Waals surface area contributed by atoms with Gasteiger partial charge in [-0.3, -0.25) is 0 Å². The molecule has 3 aliphatic rings. The molecule has 12 nitrogen and oxygen atoms in total. The Labute approximate surface area is 205 Å². The third-order valence-electron chi connectivity index (χ3n) is 6.37. The van der Waals surface area contributed by atoms with E-state index in [1.54, 1.807) is 12.1 Å². The standard InChI is InChI=1S/C24H28O12/c25-10-15-19(29)20(30)21(31)23(35-15)36-22-18-13(9-16(27)24(18,32)7-8-33-22)11-34-17(28)6-3-12-1-4-14(26)5-2-12/h1-9,15-16,18-23,25-27,29-32H,10-11H2. The first-order valence-electron chi connectivity index (χ1n) is 11.2. The molecule has 4 rings (SSSR count). The number of aliphatic hydroxyl groups is 6. The Morgan fingerprint density at radius 2 is 1.78 bits per heavy atom. The smallest absolute Gasteiger partial charge is 0.331 e. The molecule has 0 saturated carbocycles. The van der Waals surface area contributed by atoms with Crippen LogP contribution in [0, 0.1) is 5.92 Å². The number of phenolic OH excluding ortho intramolecular Hbond substituents is 1. The number of phenols is 1. The van der Waals surface area contributed by atoms with E-state index < -0.39 is 67.2 Å². The number of esters is 1. The van der Waals surface area contributed by atoms with Crippen LogP contribution in [0.4, 0.5) is 0 Å². The molecule has 7 N–H and O–H groups in total. The highest BCUT2D eigenvalue weighted by molar-refractivity contribution is 5.87. The Hall–Kier alpha value is -2.81. The van der Waals surface area contributed by atoms with Gasteiger partial charge in [-0.15, -0.1) is 0 Å². The Morgan fingerprint density at radius 1 is 1.06 bits per heavy atom. The van der Waals surface area contributed by atoms with Crippen molar-refractivity contribution in [3.05, 3.63) is 59.9 Å². The summed E-state index contributed by atoms with van der Waals surface area (Å²) in [6.45, 7) is -1.00. The van der Waals surface area contributed by atoms with E-state index in [2.05, 4.69) is 0 Å². The molecule has 1 aromatic rings. The van der Waals surface area contributed by atoms with Gasteiger partial charge in [0.2, 0.25) is 6.29 Å². The number of fused-ring (bicyclic) bond motifs is 1. The lowest BCUT2D eigenvalue weighted by Crippen LogP contribution is -2.61. The summed E-state index contributed by atoms with van der Waals surface area (Å²) in [5.74, 6) is -1.73. The molecule has 9 unspecified atom stereocenters. The molecule has 0 aromatic heterocycles. The number of rotatable bonds is 7. The molecule has 1 aliphatic carbocycles. The minimum Gasteiger partial charge on any atom is -0.508 e.